The number of rotatable bonds is 3. The van der Waals surface area contributed by atoms with E-state index >= 15 is 0 Å². The predicted octanol–water partition coefficient (Wildman–Crippen LogP) is 0.502. The Morgan fingerprint density at radius 1 is 1.33 bits per heavy atom. The lowest BCUT2D eigenvalue weighted by molar-refractivity contribution is -0.145. The molecule has 0 spiro atoms. The number of hydrogen-bond acceptors (Lipinski definition) is 6. The number of phenolic OH excluding ortho intramolecular Hbond substituents is 2. The van der Waals surface area contributed by atoms with E-state index in [1.165, 1.54) is 24.1 Å². The molecule has 1 saturated heterocycles. The van der Waals surface area contributed by atoms with Crippen LogP contribution in [0, 0.1) is 0 Å². The zero-order valence-electron chi connectivity index (χ0n) is 11.6. The number of carbonyl (C=O) groups excluding carboxylic acids is 2. The molecule has 1 aliphatic rings. The van der Waals surface area contributed by atoms with Crippen molar-refractivity contribution in [3.63, 3.8) is 0 Å². The highest BCUT2D eigenvalue weighted by Crippen LogP contribution is 2.22. The van der Waals surface area contributed by atoms with Crippen LogP contribution in [0.25, 0.3) is 0 Å². The van der Waals surface area contributed by atoms with Crippen molar-refractivity contribution in [2.75, 3.05) is 26.8 Å². The number of nitrogens with zero attached hydrogens (tertiary/aromatic N) is 1. The molecule has 114 valence electrons. The molecular formula is C14H17NO6. The smallest absolute Gasteiger partial charge is 0.308 e. The van der Waals surface area contributed by atoms with Crippen molar-refractivity contribution in [3.8, 4) is 11.5 Å². The van der Waals surface area contributed by atoms with Crippen molar-refractivity contribution in [2.24, 2.45) is 0 Å². The molecule has 0 aromatic heterocycles. The number of methoxy groups -OCH3 is 1. The molecule has 1 amide bonds. The summed E-state index contributed by atoms with van der Waals surface area (Å²) < 4.78 is 10.00. The number of ether oxygens (including phenoxy) is 2. The van der Waals surface area contributed by atoms with Gasteiger partial charge in [0.15, 0.2) is 0 Å². The number of aromatic hydroxyl groups is 2. The van der Waals surface area contributed by atoms with Crippen molar-refractivity contribution in [2.45, 2.75) is 12.5 Å². The van der Waals surface area contributed by atoms with Crippen molar-refractivity contribution < 1.29 is 29.3 Å². The van der Waals surface area contributed by atoms with Gasteiger partial charge in [0.2, 0.25) is 0 Å². The standard InChI is InChI=1S/C14H17NO6/c1-20-13(18)7-12-8-15(2-3-21-12)14(19)9-4-10(16)6-11(17)5-9/h4-6,12,16-17H,2-3,7-8H2,1H3. The highest BCUT2D eigenvalue weighted by Gasteiger charge is 2.27. The SMILES string of the molecule is COC(=O)CC1CN(C(=O)c2cc(O)cc(O)c2)CCO1. The van der Waals surface area contributed by atoms with Gasteiger partial charge in [-0.15, -0.1) is 0 Å². The molecule has 21 heavy (non-hydrogen) atoms. The molecule has 2 rings (SSSR count). The summed E-state index contributed by atoms with van der Waals surface area (Å²) in [5.74, 6) is -1.10. The lowest BCUT2D eigenvalue weighted by atomic mass is 10.1. The first-order chi connectivity index (χ1) is 9.99. The van der Waals surface area contributed by atoms with Crippen LogP contribution in [0.2, 0.25) is 0 Å². The zero-order valence-corrected chi connectivity index (χ0v) is 11.6. The van der Waals surface area contributed by atoms with Crippen LogP contribution in [0.1, 0.15) is 16.8 Å². The van der Waals surface area contributed by atoms with Gasteiger partial charge >= 0.3 is 5.97 Å². The highest BCUT2D eigenvalue weighted by molar-refractivity contribution is 5.95. The van der Waals surface area contributed by atoms with Gasteiger partial charge in [0.1, 0.15) is 11.5 Å². The first-order valence-electron chi connectivity index (χ1n) is 6.50. The molecule has 2 N–H and O–H groups in total. The molecule has 1 atom stereocenters. The molecule has 7 nitrogen and oxygen atoms in total. The van der Waals surface area contributed by atoms with E-state index in [-0.39, 0.29) is 35.9 Å². The van der Waals surface area contributed by atoms with Crippen LogP contribution in [-0.2, 0) is 14.3 Å². The summed E-state index contributed by atoms with van der Waals surface area (Å²) in [7, 11) is 1.30. The summed E-state index contributed by atoms with van der Waals surface area (Å²) >= 11 is 0. The van der Waals surface area contributed by atoms with Gasteiger partial charge in [-0.1, -0.05) is 0 Å². The summed E-state index contributed by atoms with van der Waals surface area (Å²) in [6, 6.07) is 3.72. The summed E-state index contributed by atoms with van der Waals surface area (Å²) in [6.07, 6.45) is -0.341. The van der Waals surface area contributed by atoms with E-state index in [0.29, 0.717) is 13.2 Å². The fourth-order valence-electron chi connectivity index (χ4n) is 2.20. The van der Waals surface area contributed by atoms with Gasteiger partial charge in [0.05, 0.1) is 26.2 Å². The monoisotopic (exact) mass is 295 g/mol. The molecule has 1 fully saturated rings. The van der Waals surface area contributed by atoms with E-state index in [9.17, 15) is 19.8 Å². The molecule has 1 aromatic rings. The first-order valence-corrected chi connectivity index (χ1v) is 6.50. The van der Waals surface area contributed by atoms with Gasteiger partial charge in [0, 0.05) is 24.7 Å². The third kappa shape index (κ3) is 3.85. The number of amides is 1. The number of esters is 1. The Balaban J connectivity index is 2.06. The molecular weight excluding hydrogens is 278 g/mol. The minimum Gasteiger partial charge on any atom is -0.508 e. The number of phenols is 2. The van der Waals surface area contributed by atoms with Crippen molar-refractivity contribution >= 4 is 11.9 Å². The molecule has 7 heteroatoms. The minimum absolute atomic E-state index is 0.0750. The van der Waals surface area contributed by atoms with Crippen LogP contribution < -0.4 is 0 Å². The van der Waals surface area contributed by atoms with Crippen LogP contribution in [0.15, 0.2) is 18.2 Å². The van der Waals surface area contributed by atoms with Crippen LogP contribution >= 0.6 is 0 Å². The minimum atomic E-state index is -0.416. The lowest BCUT2D eigenvalue weighted by Crippen LogP contribution is -2.46. The molecule has 1 aliphatic heterocycles. The summed E-state index contributed by atoms with van der Waals surface area (Å²) in [5.41, 5.74) is 0.186. The maximum atomic E-state index is 12.3. The third-order valence-corrected chi connectivity index (χ3v) is 3.20. The third-order valence-electron chi connectivity index (χ3n) is 3.20. The van der Waals surface area contributed by atoms with Crippen molar-refractivity contribution in [1.29, 1.82) is 0 Å². The van der Waals surface area contributed by atoms with Gasteiger partial charge in [0.25, 0.3) is 5.91 Å². The van der Waals surface area contributed by atoms with Gasteiger partial charge in [-0.3, -0.25) is 9.59 Å². The fraction of sp³-hybridized carbons (Fsp3) is 0.429. The molecule has 0 radical (unpaired) electrons. The summed E-state index contributed by atoms with van der Waals surface area (Å²) in [4.78, 5) is 25.1. The Morgan fingerprint density at radius 2 is 2.00 bits per heavy atom. The maximum Gasteiger partial charge on any atom is 0.308 e. The van der Waals surface area contributed by atoms with E-state index in [1.54, 1.807) is 0 Å². The molecule has 0 saturated carbocycles. The fourth-order valence-corrected chi connectivity index (χ4v) is 2.20. The van der Waals surface area contributed by atoms with Gasteiger partial charge < -0.3 is 24.6 Å². The normalized spacial score (nSPS) is 18.3. The Kier molecular flexibility index (Phi) is 4.64. The van der Waals surface area contributed by atoms with E-state index in [0.717, 1.165) is 6.07 Å². The Morgan fingerprint density at radius 3 is 2.62 bits per heavy atom. The molecule has 1 aromatic carbocycles. The Bertz CT molecular complexity index is 524. The Labute approximate surface area is 121 Å². The van der Waals surface area contributed by atoms with Gasteiger partial charge in [-0.25, -0.2) is 0 Å². The van der Waals surface area contributed by atoms with Crippen molar-refractivity contribution in [3.05, 3.63) is 23.8 Å². The van der Waals surface area contributed by atoms with E-state index in [4.69, 9.17) is 4.74 Å². The maximum absolute atomic E-state index is 12.3. The molecule has 1 heterocycles. The van der Waals surface area contributed by atoms with Crippen molar-refractivity contribution in [1.82, 2.24) is 4.90 Å². The van der Waals surface area contributed by atoms with Crippen LogP contribution in [-0.4, -0.2) is 59.9 Å². The number of morpholine rings is 1. The average molecular weight is 295 g/mol. The summed E-state index contributed by atoms with van der Waals surface area (Å²) in [6.45, 7) is 0.954. The predicted molar refractivity (Wildman–Crippen MR) is 72.0 cm³/mol. The number of carbonyl (C=O) groups is 2. The topological polar surface area (TPSA) is 96.3 Å². The largest absolute Gasteiger partial charge is 0.508 e. The average Bonchev–Trinajstić information content (AvgIpc) is 2.45. The number of benzene rings is 1. The molecule has 1 unspecified atom stereocenters. The van der Waals surface area contributed by atoms with E-state index < -0.39 is 12.1 Å². The van der Waals surface area contributed by atoms with E-state index in [2.05, 4.69) is 4.74 Å². The molecule has 0 bridgehead atoms. The highest BCUT2D eigenvalue weighted by atomic mass is 16.5. The first kappa shape index (κ1) is 15.1. The van der Waals surface area contributed by atoms with Crippen LogP contribution in [0.4, 0.5) is 0 Å². The van der Waals surface area contributed by atoms with E-state index in [1.807, 2.05) is 0 Å². The van der Waals surface area contributed by atoms with Crippen LogP contribution in [0.5, 0.6) is 11.5 Å². The van der Waals surface area contributed by atoms with Gasteiger partial charge in [-0.05, 0) is 12.1 Å². The lowest BCUT2D eigenvalue weighted by Gasteiger charge is -2.32. The Hall–Kier alpha value is -2.28. The zero-order chi connectivity index (χ0) is 15.4. The van der Waals surface area contributed by atoms with Gasteiger partial charge in [-0.2, -0.15) is 0 Å². The number of hydrogen-bond donors (Lipinski definition) is 2. The molecule has 0 aliphatic carbocycles. The second-order valence-electron chi connectivity index (χ2n) is 4.76. The summed E-state index contributed by atoms with van der Waals surface area (Å²) in [5, 5.41) is 18.9. The second-order valence-corrected chi connectivity index (χ2v) is 4.76. The quantitative estimate of drug-likeness (QED) is 0.788. The second kappa shape index (κ2) is 6.45. The van der Waals surface area contributed by atoms with Crippen LogP contribution in [0.3, 0.4) is 0 Å².